The smallest absolute Gasteiger partial charge is 0.321 e. The van der Waals surface area contributed by atoms with Gasteiger partial charge < -0.3 is 19.7 Å². The van der Waals surface area contributed by atoms with Crippen molar-refractivity contribution in [2.24, 2.45) is 11.3 Å². The maximum atomic E-state index is 12.6. The maximum Gasteiger partial charge on any atom is 0.321 e. The summed E-state index contributed by atoms with van der Waals surface area (Å²) < 4.78 is 1.86. The topological polar surface area (TPSA) is 86.9 Å². The number of hydrogen-bond acceptors (Lipinski definition) is 3. The molecule has 0 bridgehead atoms. The quantitative estimate of drug-likeness (QED) is 0.886. The third kappa shape index (κ3) is 2.15. The maximum absolute atomic E-state index is 12.6. The normalized spacial score (nSPS) is 25.9. The predicted octanol–water partition coefficient (Wildman–Crippen LogP) is 2.36. The molecule has 0 unspecified atom stereocenters. The Kier molecular flexibility index (Phi) is 3.26. The number of aliphatic carboxylic acids is 1. The molecule has 0 radical (unpaired) electrons. The fourth-order valence-corrected chi connectivity index (χ4v) is 4.27. The number of carboxylic acid groups (broad SMARTS) is 1. The van der Waals surface area contributed by atoms with Crippen molar-refractivity contribution in [1.29, 1.82) is 0 Å². The van der Waals surface area contributed by atoms with E-state index in [1.54, 1.807) is 11.1 Å². The van der Waals surface area contributed by atoms with Gasteiger partial charge in [0.1, 0.15) is 5.65 Å². The Bertz CT molecular complexity index is 830. The first-order valence-electron chi connectivity index (χ1n) is 8.22. The molecule has 2 amide bonds. The fourth-order valence-electron chi connectivity index (χ4n) is 4.27. The number of carbonyl (C=O) groups is 2. The van der Waals surface area contributed by atoms with Gasteiger partial charge in [0, 0.05) is 31.7 Å². The van der Waals surface area contributed by atoms with E-state index in [2.05, 4.69) is 10.3 Å². The lowest BCUT2D eigenvalue weighted by atomic mass is 9.81. The molecule has 0 spiro atoms. The first-order valence-corrected chi connectivity index (χ1v) is 8.22. The number of urea groups is 1. The molecule has 3 heterocycles. The highest BCUT2D eigenvalue weighted by atomic mass is 16.4. The zero-order valence-electron chi connectivity index (χ0n) is 13.5. The van der Waals surface area contributed by atoms with E-state index in [-0.39, 0.29) is 11.9 Å². The average Bonchev–Trinajstić information content (AvgIpc) is 3.20. The van der Waals surface area contributed by atoms with E-state index < -0.39 is 11.4 Å². The van der Waals surface area contributed by atoms with Gasteiger partial charge in [-0.15, -0.1) is 0 Å². The summed E-state index contributed by atoms with van der Waals surface area (Å²) in [6, 6.07) is 1.65. The van der Waals surface area contributed by atoms with E-state index in [0.717, 1.165) is 24.1 Å². The number of imidazole rings is 1. The highest BCUT2D eigenvalue weighted by molar-refractivity contribution is 5.91. The minimum atomic E-state index is -0.768. The van der Waals surface area contributed by atoms with Gasteiger partial charge in [-0.25, -0.2) is 9.78 Å². The summed E-state index contributed by atoms with van der Waals surface area (Å²) in [5.74, 6) is -0.699. The Balaban J connectivity index is 1.53. The van der Waals surface area contributed by atoms with Crippen LogP contribution >= 0.6 is 0 Å². The number of aryl methyl sites for hydroxylation is 1. The van der Waals surface area contributed by atoms with Gasteiger partial charge in [0.15, 0.2) is 0 Å². The van der Waals surface area contributed by atoms with Crippen molar-refractivity contribution >= 4 is 23.3 Å². The van der Waals surface area contributed by atoms with Gasteiger partial charge >= 0.3 is 12.0 Å². The van der Waals surface area contributed by atoms with Crippen molar-refractivity contribution in [3.8, 4) is 0 Å². The molecule has 2 N–H and O–H groups in total. The van der Waals surface area contributed by atoms with Crippen molar-refractivity contribution in [2.45, 2.75) is 26.2 Å². The van der Waals surface area contributed by atoms with E-state index in [4.69, 9.17) is 0 Å². The lowest BCUT2D eigenvalue weighted by Gasteiger charge is -2.23. The summed E-state index contributed by atoms with van der Waals surface area (Å²) in [6.45, 7) is 2.76. The largest absolute Gasteiger partial charge is 0.481 e. The average molecular weight is 328 g/mol. The van der Waals surface area contributed by atoms with E-state index >= 15 is 0 Å². The molecule has 126 valence electrons. The molecule has 1 saturated heterocycles. The molecule has 4 rings (SSSR count). The second kappa shape index (κ2) is 5.22. The van der Waals surface area contributed by atoms with Crippen LogP contribution in [-0.2, 0) is 4.79 Å². The molecule has 2 atom stereocenters. The highest BCUT2D eigenvalue weighted by Crippen LogP contribution is 2.48. The zero-order chi connectivity index (χ0) is 16.9. The Morgan fingerprint density at radius 2 is 2.29 bits per heavy atom. The summed E-state index contributed by atoms with van der Waals surface area (Å²) in [7, 11) is 0. The minimum Gasteiger partial charge on any atom is -0.481 e. The van der Waals surface area contributed by atoms with Crippen molar-refractivity contribution in [3.63, 3.8) is 0 Å². The first kappa shape index (κ1) is 15.0. The number of fused-ring (bicyclic) bond motifs is 2. The molecule has 1 saturated carbocycles. The van der Waals surface area contributed by atoms with Crippen molar-refractivity contribution in [3.05, 3.63) is 30.2 Å². The molecular formula is C17H20N4O3. The summed E-state index contributed by atoms with van der Waals surface area (Å²) in [5.41, 5.74) is 1.76. The summed E-state index contributed by atoms with van der Waals surface area (Å²) in [4.78, 5) is 30.2. The van der Waals surface area contributed by atoms with Crippen LogP contribution in [0.2, 0.25) is 0 Å². The van der Waals surface area contributed by atoms with Crippen molar-refractivity contribution in [1.82, 2.24) is 14.3 Å². The standard InChI is InChI=1S/C17H20N4O3/c1-11-7-13(9-20-6-5-18-14(11)20)19-16(24)21-8-12-3-2-4-17(12,10-21)15(22)23/h5-7,9,12H,2-4,8,10H2,1H3,(H,19,24)(H,22,23)/t12-,17+/m0/s1. The van der Waals surface area contributed by atoms with Gasteiger partial charge in [0.25, 0.3) is 0 Å². The van der Waals surface area contributed by atoms with Gasteiger partial charge in [0.05, 0.1) is 11.1 Å². The van der Waals surface area contributed by atoms with Crippen LogP contribution in [0, 0.1) is 18.3 Å². The number of nitrogens with one attached hydrogen (secondary N) is 1. The van der Waals surface area contributed by atoms with Crippen LogP contribution in [0.1, 0.15) is 24.8 Å². The second-order valence-electron chi connectivity index (χ2n) is 6.93. The second-order valence-corrected chi connectivity index (χ2v) is 6.93. The molecular weight excluding hydrogens is 308 g/mol. The van der Waals surface area contributed by atoms with Crippen LogP contribution in [-0.4, -0.2) is 44.5 Å². The fraction of sp³-hybridized carbons (Fsp3) is 0.471. The van der Waals surface area contributed by atoms with Crippen LogP contribution in [0.3, 0.4) is 0 Å². The minimum absolute atomic E-state index is 0.0682. The molecule has 7 heteroatoms. The molecule has 2 aromatic heterocycles. The number of carboxylic acids is 1. The van der Waals surface area contributed by atoms with E-state index in [9.17, 15) is 14.7 Å². The van der Waals surface area contributed by atoms with Crippen molar-refractivity contribution < 1.29 is 14.7 Å². The lowest BCUT2D eigenvalue weighted by molar-refractivity contribution is -0.149. The summed E-state index contributed by atoms with van der Waals surface area (Å²) in [5, 5.41) is 12.5. The SMILES string of the molecule is Cc1cc(NC(=O)N2C[C@@H]3CCC[C@@]3(C(=O)O)C2)cn2ccnc12. The molecule has 1 aliphatic carbocycles. The Morgan fingerprint density at radius 1 is 1.46 bits per heavy atom. The Labute approximate surface area is 139 Å². The molecule has 2 fully saturated rings. The first-order chi connectivity index (χ1) is 11.5. The summed E-state index contributed by atoms with van der Waals surface area (Å²) >= 11 is 0. The molecule has 1 aliphatic heterocycles. The number of aromatic nitrogens is 2. The van der Waals surface area contributed by atoms with Crippen LogP contribution in [0.25, 0.3) is 5.65 Å². The molecule has 7 nitrogen and oxygen atoms in total. The van der Waals surface area contributed by atoms with Crippen LogP contribution in [0.5, 0.6) is 0 Å². The predicted molar refractivity (Wildman–Crippen MR) is 87.9 cm³/mol. The third-order valence-corrected chi connectivity index (χ3v) is 5.51. The van der Waals surface area contributed by atoms with E-state index in [1.165, 1.54) is 0 Å². The van der Waals surface area contributed by atoms with Gasteiger partial charge in [0.2, 0.25) is 0 Å². The van der Waals surface area contributed by atoms with Gasteiger partial charge in [-0.3, -0.25) is 4.79 Å². The zero-order valence-corrected chi connectivity index (χ0v) is 13.5. The molecule has 24 heavy (non-hydrogen) atoms. The monoisotopic (exact) mass is 328 g/mol. The number of hydrogen-bond donors (Lipinski definition) is 2. The number of amides is 2. The molecule has 0 aromatic carbocycles. The molecule has 2 aliphatic rings. The number of pyridine rings is 1. The number of anilines is 1. The van der Waals surface area contributed by atoms with Crippen molar-refractivity contribution in [2.75, 3.05) is 18.4 Å². The molecule has 2 aromatic rings. The van der Waals surface area contributed by atoms with Crippen LogP contribution < -0.4 is 5.32 Å². The van der Waals surface area contributed by atoms with Gasteiger partial charge in [-0.05, 0) is 37.3 Å². The highest BCUT2D eigenvalue weighted by Gasteiger charge is 2.55. The third-order valence-electron chi connectivity index (χ3n) is 5.51. The van der Waals surface area contributed by atoms with Crippen LogP contribution in [0.4, 0.5) is 10.5 Å². The van der Waals surface area contributed by atoms with Gasteiger partial charge in [-0.2, -0.15) is 0 Å². The van der Waals surface area contributed by atoms with E-state index in [1.807, 2.05) is 29.8 Å². The number of likely N-dealkylation sites (tertiary alicyclic amines) is 1. The Hall–Kier alpha value is -2.57. The number of rotatable bonds is 2. The van der Waals surface area contributed by atoms with E-state index in [0.29, 0.717) is 25.2 Å². The number of nitrogens with zero attached hydrogens (tertiary/aromatic N) is 3. The lowest BCUT2D eigenvalue weighted by Crippen LogP contribution is -2.38. The summed E-state index contributed by atoms with van der Waals surface area (Å²) in [6.07, 6.45) is 7.84. The van der Waals surface area contributed by atoms with Gasteiger partial charge in [-0.1, -0.05) is 6.42 Å². The number of carbonyl (C=O) groups excluding carboxylic acids is 1. The van der Waals surface area contributed by atoms with Crippen LogP contribution in [0.15, 0.2) is 24.7 Å². The Morgan fingerprint density at radius 3 is 3.04 bits per heavy atom.